The molecule has 0 aliphatic carbocycles. The number of amides is 2. The predicted octanol–water partition coefficient (Wildman–Crippen LogP) is 5.35. The topological polar surface area (TPSA) is 96.0 Å². The maximum atomic E-state index is 13.7. The lowest BCUT2D eigenvalue weighted by Crippen LogP contribution is -2.17. The normalized spacial score (nSPS) is 10.3. The Hall–Kier alpha value is -3.49. The lowest BCUT2D eigenvalue weighted by atomic mass is 10.2. The molecule has 0 saturated carbocycles. The number of nitrogens with zero attached hydrogens (tertiary/aromatic N) is 2. The van der Waals surface area contributed by atoms with Crippen LogP contribution in [0.4, 0.5) is 27.3 Å². The molecule has 2 aromatic carbocycles. The molecule has 1 aromatic heterocycles. The highest BCUT2D eigenvalue weighted by atomic mass is 35.5. The minimum Gasteiger partial charge on any atom is -0.338 e. The fourth-order valence-corrected chi connectivity index (χ4v) is 3.04. The minimum atomic E-state index is -0.571. The average Bonchev–Trinajstić information content (AvgIpc) is 2.72. The van der Waals surface area contributed by atoms with Crippen LogP contribution in [0.3, 0.4) is 0 Å². The summed E-state index contributed by atoms with van der Waals surface area (Å²) in [5, 5.41) is 8.35. The highest BCUT2D eigenvalue weighted by molar-refractivity contribution is 6.34. The monoisotopic (exact) mass is 459 g/mol. The van der Waals surface area contributed by atoms with Crippen LogP contribution in [0.2, 0.25) is 10.3 Å². The molecule has 0 spiro atoms. The molecule has 0 unspecified atom stereocenters. The first-order chi connectivity index (χ1) is 14.8. The molecular formula is C21H16Cl2FN5O2. The lowest BCUT2D eigenvalue weighted by molar-refractivity contribution is -0.111. The zero-order valence-electron chi connectivity index (χ0n) is 16.2. The zero-order valence-corrected chi connectivity index (χ0v) is 17.7. The number of anilines is 4. The van der Waals surface area contributed by atoms with Gasteiger partial charge in [-0.15, -0.1) is 0 Å². The van der Waals surface area contributed by atoms with Crippen molar-refractivity contribution >= 4 is 57.9 Å². The molecule has 31 heavy (non-hydrogen) atoms. The Balaban J connectivity index is 1.97. The van der Waals surface area contributed by atoms with E-state index in [1.54, 1.807) is 25.1 Å². The Kier molecular flexibility index (Phi) is 6.84. The third kappa shape index (κ3) is 5.36. The second-order valence-electron chi connectivity index (χ2n) is 6.30. The van der Waals surface area contributed by atoms with Gasteiger partial charge in [-0.05, 0) is 54.4 Å². The highest BCUT2D eigenvalue weighted by Crippen LogP contribution is 2.30. The Morgan fingerprint density at radius 2 is 1.90 bits per heavy atom. The lowest BCUT2D eigenvalue weighted by Gasteiger charge is -2.15. The molecule has 10 heteroatoms. The number of nitrogens with one attached hydrogen (secondary N) is 3. The van der Waals surface area contributed by atoms with Crippen molar-refractivity contribution in [3.05, 3.63) is 82.5 Å². The average molecular weight is 460 g/mol. The number of hydrogen-bond acceptors (Lipinski definition) is 5. The van der Waals surface area contributed by atoms with Gasteiger partial charge in [0.15, 0.2) is 0 Å². The fourth-order valence-electron chi connectivity index (χ4n) is 2.63. The van der Waals surface area contributed by atoms with Gasteiger partial charge in [-0.2, -0.15) is 4.98 Å². The van der Waals surface area contributed by atoms with Gasteiger partial charge >= 0.3 is 0 Å². The molecule has 3 aromatic rings. The van der Waals surface area contributed by atoms with Gasteiger partial charge in [0.25, 0.3) is 5.91 Å². The van der Waals surface area contributed by atoms with E-state index >= 15 is 0 Å². The third-order valence-electron chi connectivity index (χ3n) is 4.14. The maximum absolute atomic E-state index is 13.7. The van der Waals surface area contributed by atoms with Gasteiger partial charge < -0.3 is 16.0 Å². The summed E-state index contributed by atoms with van der Waals surface area (Å²) < 4.78 is 13.7. The van der Waals surface area contributed by atoms with Crippen LogP contribution in [-0.4, -0.2) is 21.8 Å². The van der Waals surface area contributed by atoms with Crippen molar-refractivity contribution in [1.82, 2.24) is 9.97 Å². The van der Waals surface area contributed by atoms with Crippen molar-refractivity contribution in [1.29, 1.82) is 0 Å². The van der Waals surface area contributed by atoms with Crippen LogP contribution in [0.15, 0.2) is 55.3 Å². The molecule has 0 aliphatic rings. The summed E-state index contributed by atoms with van der Waals surface area (Å²) in [5.41, 5.74) is 1.64. The Morgan fingerprint density at radius 1 is 1.13 bits per heavy atom. The summed E-state index contributed by atoms with van der Waals surface area (Å²) in [7, 11) is 0. The number of hydrogen-bond donors (Lipinski definition) is 3. The van der Waals surface area contributed by atoms with E-state index in [0.717, 1.165) is 17.7 Å². The summed E-state index contributed by atoms with van der Waals surface area (Å²) in [6.07, 6.45) is 2.28. The summed E-state index contributed by atoms with van der Waals surface area (Å²) in [4.78, 5) is 32.5. The van der Waals surface area contributed by atoms with E-state index in [1.165, 1.54) is 18.3 Å². The number of carbonyl (C=O) groups excluding carboxylic acids is 2. The third-order valence-corrected chi connectivity index (χ3v) is 4.64. The first-order valence-electron chi connectivity index (χ1n) is 8.87. The number of para-hydroxylation sites is 1. The second kappa shape index (κ2) is 9.55. The van der Waals surface area contributed by atoms with E-state index in [-0.39, 0.29) is 28.0 Å². The Labute approximate surface area is 187 Å². The van der Waals surface area contributed by atoms with Crippen LogP contribution in [0, 0.1) is 12.7 Å². The molecule has 7 nitrogen and oxygen atoms in total. The van der Waals surface area contributed by atoms with Crippen LogP contribution in [0.25, 0.3) is 0 Å². The van der Waals surface area contributed by atoms with E-state index in [0.29, 0.717) is 10.7 Å². The van der Waals surface area contributed by atoms with E-state index < -0.39 is 17.6 Å². The largest absolute Gasteiger partial charge is 0.338 e. The smallest absolute Gasteiger partial charge is 0.261 e. The number of aromatic nitrogens is 2. The number of halogens is 3. The molecule has 0 aliphatic heterocycles. The van der Waals surface area contributed by atoms with E-state index in [4.69, 9.17) is 23.2 Å². The van der Waals surface area contributed by atoms with Crippen molar-refractivity contribution in [2.75, 3.05) is 16.0 Å². The molecule has 3 N–H and O–H groups in total. The Morgan fingerprint density at radius 3 is 2.61 bits per heavy atom. The van der Waals surface area contributed by atoms with Crippen LogP contribution >= 0.6 is 23.2 Å². The van der Waals surface area contributed by atoms with Crippen LogP contribution in [-0.2, 0) is 4.79 Å². The molecule has 0 radical (unpaired) electrons. The molecular weight excluding hydrogens is 444 g/mol. The van der Waals surface area contributed by atoms with Crippen molar-refractivity contribution in [3.8, 4) is 0 Å². The number of carbonyl (C=O) groups is 2. The van der Waals surface area contributed by atoms with Crippen molar-refractivity contribution in [2.24, 2.45) is 0 Å². The summed E-state index contributed by atoms with van der Waals surface area (Å²) in [5.74, 6) is -1.61. The first-order valence-corrected chi connectivity index (χ1v) is 9.63. The molecule has 0 saturated heterocycles. The quantitative estimate of drug-likeness (QED) is 0.341. The zero-order chi connectivity index (χ0) is 22.5. The van der Waals surface area contributed by atoms with Gasteiger partial charge in [0.1, 0.15) is 17.2 Å². The molecule has 0 fully saturated rings. The fraction of sp³-hybridized carbons (Fsp3) is 0.0476. The van der Waals surface area contributed by atoms with E-state index in [1.807, 2.05) is 0 Å². The van der Waals surface area contributed by atoms with Crippen LogP contribution < -0.4 is 16.0 Å². The van der Waals surface area contributed by atoms with E-state index in [9.17, 15) is 14.0 Å². The molecule has 3 rings (SSSR count). The molecule has 1 heterocycles. The maximum Gasteiger partial charge on any atom is 0.261 e. The Bertz CT molecular complexity index is 1170. The number of rotatable bonds is 6. The van der Waals surface area contributed by atoms with Crippen molar-refractivity contribution < 1.29 is 14.0 Å². The van der Waals surface area contributed by atoms with Crippen LogP contribution in [0.1, 0.15) is 15.9 Å². The number of benzene rings is 2. The molecule has 2 amide bonds. The van der Waals surface area contributed by atoms with Gasteiger partial charge in [0, 0.05) is 6.20 Å². The first kappa shape index (κ1) is 22.2. The van der Waals surface area contributed by atoms with Crippen molar-refractivity contribution in [2.45, 2.75) is 6.92 Å². The van der Waals surface area contributed by atoms with Gasteiger partial charge in [0.2, 0.25) is 11.2 Å². The number of aryl methyl sites for hydroxylation is 1. The molecule has 0 atom stereocenters. The van der Waals surface area contributed by atoms with Crippen LogP contribution in [0.5, 0.6) is 0 Å². The van der Waals surface area contributed by atoms with Crippen molar-refractivity contribution in [3.63, 3.8) is 0 Å². The standard InChI is InChI=1S/C21H16Cl2FN5O2/c1-3-17(30)26-16-9-12(24)7-8-15(16)27-19-13(10-25-21(23)29-19)20(31)28-18-11(2)5-4-6-14(18)22/h3-10H,1H2,2H3,(H,26,30)(H,28,31)(H,25,27,29). The molecule has 0 bridgehead atoms. The van der Waals surface area contributed by atoms with E-state index in [2.05, 4.69) is 32.5 Å². The molecule has 158 valence electrons. The minimum absolute atomic E-state index is 0.0444. The van der Waals surface area contributed by atoms with Gasteiger partial charge in [-0.25, -0.2) is 9.37 Å². The SMILES string of the molecule is C=CC(=O)Nc1cc(F)ccc1Nc1nc(Cl)ncc1C(=O)Nc1c(C)cccc1Cl. The summed E-state index contributed by atoms with van der Waals surface area (Å²) >= 11 is 12.1. The summed E-state index contributed by atoms with van der Waals surface area (Å²) in [6, 6.07) is 8.88. The summed E-state index contributed by atoms with van der Waals surface area (Å²) in [6.45, 7) is 5.17. The van der Waals surface area contributed by atoms with Gasteiger partial charge in [-0.3, -0.25) is 9.59 Å². The van der Waals surface area contributed by atoms with Gasteiger partial charge in [-0.1, -0.05) is 30.3 Å². The predicted molar refractivity (Wildman–Crippen MR) is 120 cm³/mol. The van der Waals surface area contributed by atoms with Gasteiger partial charge in [0.05, 0.1) is 22.1 Å². The second-order valence-corrected chi connectivity index (χ2v) is 7.04. The highest BCUT2D eigenvalue weighted by Gasteiger charge is 2.18.